The summed E-state index contributed by atoms with van der Waals surface area (Å²) in [6.07, 6.45) is 4.06. The minimum Gasteiger partial charge on any atom is -0.356 e. The number of H-pyrrole nitrogens is 1. The summed E-state index contributed by atoms with van der Waals surface area (Å²) >= 11 is 0. The maximum Gasteiger partial charge on any atom is 0.191 e. The van der Waals surface area contributed by atoms with E-state index in [9.17, 15) is 0 Å². The van der Waals surface area contributed by atoms with Crippen LogP contribution in [0.25, 0.3) is 11.0 Å². The SMILES string of the molecule is CN=C(NCCCc1nc2ccccc2[nH]1)NC(C)CCc1ccccc1.I. The van der Waals surface area contributed by atoms with Gasteiger partial charge in [0, 0.05) is 26.1 Å². The number of hydrogen-bond acceptors (Lipinski definition) is 2. The molecular formula is C22H30IN5. The van der Waals surface area contributed by atoms with Crippen LogP contribution in [0.15, 0.2) is 59.6 Å². The summed E-state index contributed by atoms with van der Waals surface area (Å²) in [5, 5.41) is 6.87. The lowest BCUT2D eigenvalue weighted by Crippen LogP contribution is -2.42. The molecule has 0 saturated heterocycles. The minimum atomic E-state index is 0. The van der Waals surface area contributed by atoms with Gasteiger partial charge in [0.2, 0.25) is 0 Å². The lowest BCUT2D eigenvalue weighted by Gasteiger charge is -2.18. The van der Waals surface area contributed by atoms with Crippen molar-refractivity contribution >= 4 is 41.0 Å². The van der Waals surface area contributed by atoms with Crippen molar-refractivity contribution < 1.29 is 0 Å². The van der Waals surface area contributed by atoms with Gasteiger partial charge < -0.3 is 15.6 Å². The predicted octanol–water partition coefficient (Wildman–Crippen LogP) is 4.30. The molecule has 0 aliphatic rings. The molecule has 5 nitrogen and oxygen atoms in total. The van der Waals surface area contributed by atoms with Gasteiger partial charge in [-0.1, -0.05) is 42.5 Å². The highest BCUT2D eigenvalue weighted by atomic mass is 127. The molecule has 1 atom stereocenters. The molecule has 0 saturated carbocycles. The van der Waals surface area contributed by atoms with Crippen molar-refractivity contribution in [1.29, 1.82) is 0 Å². The molecule has 3 rings (SSSR count). The van der Waals surface area contributed by atoms with Gasteiger partial charge in [-0.2, -0.15) is 0 Å². The number of aromatic amines is 1. The van der Waals surface area contributed by atoms with E-state index in [0.717, 1.165) is 55.0 Å². The molecule has 1 aromatic heterocycles. The molecular weight excluding hydrogens is 461 g/mol. The number of aryl methyl sites for hydroxylation is 2. The number of halogens is 1. The van der Waals surface area contributed by atoms with Crippen molar-refractivity contribution in [2.24, 2.45) is 4.99 Å². The molecule has 3 aromatic rings. The number of aromatic nitrogens is 2. The average Bonchev–Trinajstić information content (AvgIpc) is 3.12. The Labute approximate surface area is 184 Å². The molecule has 0 spiro atoms. The zero-order valence-corrected chi connectivity index (χ0v) is 18.9. The van der Waals surface area contributed by atoms with Crippen LogP contribution in [0.4, 0.5) is 0 Å². The van der Waals surface area contributed by atoms with Gasteiger partial charge in [-0.15, -0.1) is 24.0 Å². The van der Waals surface area contributed by atoms with Crippen molar-refractivity contribution in [3.05, 3.63) is 66.0 Å². The summed E-state index contributed by atoms with van der Waals surface area (Å²) in [7, 11) is 1.82. The van der Waals surface area contributed by atoms with Gasteiger partial charge in [-0.05, 0) is 43.9 Å². The van der Waals surface area contributed by atoms with Crippen molar-refractivity contribution in [2.45, 2.75) is 38.6 Å². The quantitative estimate of drug-likeness (QED) is 0.191. The van der Waals surface area contributed by atoms with Gasteiger partial charge in [0.25, 0.3) is 0 Å². The number of nitrogens with zero attached hydrogens (tertiary/aromatic N) is 2. The Balaban J connectivity index is 0.00000280. The highest BCUT2D eigenvalue weighted by molar-refractivity contribution is 14.0. The molecule has 3 N–H and O–H groups in total. The molecule has 0 aliphatic heterocycles. The fourth-order valence-electron chi connectivity index (χ4n) is 3.11. The molecule has 0 aliphatic carbocycles. The van der Waals surface area contributed by atoms with Crippen LogP contribution >= 0.6 is 24.0 Å². The van der Waals surface area contributed by atoms with Crippen molar-refractivity contribution in [1.82, 2.24) is 20.6 Å². The highest BCUT2D eigenvalue weighted by Gasteiger charge is 2.06. The number of nitrogens with one attached hydrogen (secondary N) is 3. The first-order chi connectivity index (χ1) is 13.2. The number of para-hydroxylation sites is 2. The van der Waals surface area contributed by atoms with Crippen molar-refractivity contribution in [3.8, 4) is 0 Å². The smallest absolute Gasteiger partial charge is 0.191 e. The number of rotatable bonds is 8. The van der Waals surface area contributed by atoms with E-state index in [1.165, 1.54) is 5.56 Å². The summed E-state index contributed by atoms with van der Waals surface area (Å²) in [6, 6.07) is 19.1. The summed E-state index contributed by atoms with van der Waals surface area (Å²) in [5.41, 5.74) is 3.51. The zero-order chi connectivity index (χ0) is 18.9. The van der Waals surface area contributed by atoms with E-state index in [0.29, 0.717) is 6.04 Å². The van der Waals surface area contributed by atoms with Crippen LogP contribution in [0, 0.1) is 0 Å². The van der Waals surface area contributed by atoms with E-state index in [4.69, 9.17) is 0 Å². The third-order valence-corrected chi connectivity index (χ3v) is 4.64. The van der Waals surface area contributed by atoms with Crippen LogP contribution in [0.1, 0.15) is 31.2 Å². The number of guanidine groups is 1. The Morgan fingerprint density at radius 1 is 1.07 bits per heavy atom. The Kier molecular flexibility index (Phi) is 9.27. The molecule has 0 radical (unpaired) electrons. The number of aliphatic imine (C=N–C) groups is 1. The molecule has 1 unspecified atom stereocenters. The van der Waals surface area contributed by atoms with Gasteiger partial charge in [-0.25, -0.2) is 4.98 Å². The summed E-state index contributed by atoms with van der Waals surface area (Å²) in [4.78, 5) is 12.3. The Morgan fingerprint density at radius 2 is 1.82 bits per heavy atom. The van der Waals surface area contributed by atoms with Gasteiger partial charge in [0.15, 0.2) is 5.96 Å². The number of benzene rings is 2. The summed E-state index contributed by atoms with van der Waals surface area (Å²) < 4.78 is 0. The number of imidazole rings is 1. The van der Waals surface area contributed by atoms with Crippen LogP contribution < -0.4 is 10.6 Å². The second kappa shape index (κ2) is 11.7. The van der Waals surface area contributed by atoms with Crippen LogP contribution in [0.5, 0.6) is 0 Å². The maximum absolute atomic E-state index is 4.62. The minimum absolute atomic E-state index is 0. The van der Waals surface area contributed by atoms with Gasteiger partial charge in [-0.3, -0.25) is 4.99 Å². The third-order valence-electron chi connectivity index (χ3n) is 4.64. The molecule has 0 amide bonds. The molecule has 6 heteroatoms. The Bertz CT molecular complexity index is 827. The van der Waals surface area contributed by atoms with E-state index in [2.05, 4.69) is 68.9 Å². The second-order valence-corrected chi connectivity index (χ2v) is 6.87. The first-order valence-corrected chi connectivity index (χ1v) is 9.69. The topological polar surface area (TPSA) is 65.1 Å². The third kappa shape index (κ3) is 6.82. The summed E-state index contributed by atoms with van der Waals surface area (Å²) in [6.45, 7) is 3.06. The van der Waals surface area contributed by atoms with Crippen LogP contribution in [-0.4, -0.2) is 35.6 Å². The normalized spacial score (nSPS) is 12.4. The first-order valence-electron chi connectivity index (χ1n) is 9.69. The zero-order valence-electron chi connectivity index (χ0n) is 16.6. The molecule has 2 aromatic carbocycles. The fraction of sp³-hybridized carbons (Fsp3) is 0.364. The molecule has 150 valence electrons. The van der Waals surface area contributed by atoms with Crippen LogP contribution in [-0.2, 0) is 12.8 Å². The predicted molar refractivity (Wildman–Crippen MR) is 129 cm³/mol. The van der Waals surface area contributed by atoms with E-state index in [1.54, 1.807) is 0 Å². The first kappa shape index (κ1) is 22.2. The lowest BCUT2D eigenvalue weighted by atomic mass is 10.1. The number of fused-ring (bicyclic) bond motifs is 1. The van der Waals surface area contributed by atoms with Crippen molar-refractivity contribution in [2.75, 3.05) is 13.6 Å². The standard InChI is InChI=1S/C22H29N5.HI/c1-17(14-15-18-9-4-3-5-10-18)25-22(23-2)24-16-8-13-21-26-19-11-6-7-12-20(19)27-21;/h3-7,9-12,17H,8,13-16H2,1-2H3,(H,26,27)(H2,23,24,25);1H. The van der Waals surface area contributed by atoms with Gasteiger partial charge in [0.1, 0.15) is 5.82 Å². The number of hydrogen-bond donors (Lipinski definition) is 3. The Morgan fingerprint density at radius 3 is 2.57 bits per heavy atom. The fourth-order valence-corrected chi connectivity index (χ4v) is 3.11. The maximum atomic E-state index is 4.62. The highest BCUT2D eigenvalue weighted by Crippen LogP contribution is 2.11. The van der Waals surface area contributed by atoms with E-state index in [1.807, 2.05) is 25.2 Å². The monoisotopic (exact) mass is 491 g/mol. The van der Waals surface area contributed by atoms with Crippen LogP contribution in [0.2, 0.25) is 0 Å². The van der Waals surface area contributed by atoms with E-state index in [-0.39, 0.29) is 24.0 Å². The van der Waals surface area contributed by atoms with Crippen molar-refractivity contribution in [3.63, 3.8) is 0 Å². The summed E-state index contributed by atoms with van der Waals surface area (Å²) in [5.74, 6) is 1.90. The Hall–Kier alpha value is -2.09. The lowest BCUT2D eigenvalue weighted by molar-refractivity contribution is 0.590. The molecule has 0 fully saturated rings. The average molecular weight is 491 g/mol. The van der Waals surface area contributed by atoms with E-state index < -0.39 is 0 Å². The molecule has 1 heterocycles. The van der Waals surface area contributed by atoms with E-state index >= 15 is 0 Å². The molecule has 28 heavy (non-hydrogen) atoms. The second-order valence-electron chi connectivity index (χ2n) is 6.87. The largest absolute Gasteiger partial charge is 0.356 e. The van der Waals surface area contributed by atoms with Gasteiger partial charge >= 0.3 is 0 Å². The van der Waals surface area contributed by atoms with Crippen LogP contribution in [0.3, 0.4) is 0 Å². The molecule has 0 bridgehead atoms. The van der Waals surface area contributed by atoms with Gasteiger partial charge in [0.05, 0.1) is 11.0 Å².